The molecule has 2 aliphatic heterocycles. The number of fused-ring (bicyclic) bond motifs is 1. The fourth-order valence-corrected chi connectivity index (χ4v) is 6.02. The highest BCUT2D eigenvalue weighted by Gasteiger charge is 2.24. The van der Waals surface area contributed by atoms with Gasteiger partial charge >= 0.3 is 0 Å². The van der Waals surface area contributed by atoms with Gasteiger partial charge in [-0.15, -0.1) is 0 Å². The summed E-state index contributed by atoms with van der Waals surface area (Å²) >= 11 is 0. The molecule has 1 aromatic heterocycles. The van der Waals surface area contributed by atoms with Crippen molar-refractivity contribution >= 4 is 11.0 Å². The third-order valence-corrected chi connectivity index (χ3v) is 8.06. The van der Waals surface area contributed by atoms with Crippen LogP contribution in [0.3, 0.4) is 0 Å². The zero-order chi connectivity index (χ0) is 26.9. The van der Waals surface area contributed by atoms with Crippen LogP contribution in [0, 0.1) is 0 Å². The van der Waals surface area contributed by atoms with Gasteiger partial charge in [-0.2, -0.15) is 0 Å². The van der Waals surface area contributed by atoms with E-state index in [0.29, 0.717) is 25.3 Å². The molecule has 2 aliphatic rings. The summed E-state index contributed by atoms with van der Waals surface area (Å²) in [5.41, 5.74) is 1.88. The summed E-state index contributed by atoms with van der Waals surface area (Å²) in [7, 11) is 3.58. The SMILES string of the molecule is COC[C@H]1CCCN1CCCOc1ccc(-c2cc3ccc(OCCCN4CCC[C@@H]4COC)cc3o2)cc1. The van der Waals surface area contributed by atoms with Crippen molar-refractivity contribution < 1.29 is 23.4 Å². The maximum atomic E-state index is 6.19. The normalized spacial score (nSPS) is 20.3. The Morgan fingerprint density at radius 1 is 0.744 bits per heavy atom. The van der Waals surface area contributed by atoms with Gasteiger partial charge in [0.05, 0.1) is 26.4 Å². The van der Waals surface area contributed by atoms with Crippen LogP contribution in [-0.4, -0.2) is 88.7 Å². The maximum Gasteiger partial charge on any atom is 0.138 e. The highest BCUT2D eigenvalue weighted by atomic mass is 16.5. The minimum atomic E-state index is 0.558. The van der Waals surface area contributed by atoms with Crippen LogP contribution in [0.25, 0.3) is 22.3 Å². The Labute approximate surface area is 232 Å². The standard InChI is InChI=1S/C32H44N2O5/c1-35-23-27-7-3-15-33(27)17-5-19-37-29-12-9-25(10-13-29)31-21-26-11-14-30(22-32(26)39-31)38-20-6-18-34-16-4-8-28(34)24-36-2/h9-14,21-22,27-28H,3-8,15-20,23-24H2,1-2H3/t27-,28-/m1/s1. The van der Waals surface area contributed by atoms with Crippen molar-refractivity contribution in [2.75, 3.05) is 66.8 Å². The fourth-order valence-electron chi connectivity index (χ4n) is 6.02. The zero-order valence-corrected chi connectivity index (χ0v) is 23.6. The van der Waals surface area contributed by atoms with Gasteiger partial charge in [0.2, 0.25) is 0 Å². The first-order valence-electron chi connectivity index (χ1n) is 14.6. The van der Waals surface area contributed by atoms with E-state index in [1.54, 1.807) is 14.2 Å². The first-order chi connectivity index (χ1) is 19.2. The molecule has 2 aromatic carbocycles. The molecule has 0 bridgehead atoms. The van der Waals surface area contributed by atoms with Crippen molar-refractivity contribution in [2.45, 2.75) is 50.6 Å². The van der Waals surface area contributed by atoms with Gasteiger partial charge in [-0.3, -0.25) is 9.80 Å². The molecule has 0 radical (unpaired) electrons. The van der Waals surface area contributed by atoms with Crippen LogP contribution in [-0.2, 0) is 9.47 Å². The van der Waals surface area contributed by atoms with Crippen molar-refractivity contribution in [3.8, 4) is 22.8 Å². The minimum Gasteiger partial charge on any atom is -0.494 e. The molecule has 0 aliphatic carbocycles. The largest absolute Gasteiger partial charge is 0.494 e. The number of furan rings is 1. The maximum absolute atomic E-state index is 6.19. The molecule has 2 fully saturated rings. The van der Waals surface area contributed by atoms with Crippen molar-refractivity contribution in [2.24, 2.45) is 0 Å². The lowest BCUT2D eigenvalue weighted by atomic mass is 10.1. The molecule has 0 amide bonds. The smallest absolute Gasteiger partial charge is 0.138 e. The van der Waals surface area contributed by atoms with E-state index in [0.717, 1.165) is 79.5 Å². The first-order valence-corrected chi connectivity index (χ1v) is 14.6. The van der Waals surface area contributed by atoms with Crippen LogP contribution in [0.5, 0.6) is 11.5 Å². The summed E-state index contributed by atoms with van der Waals surface area (Å²) in [6, 6.07) is 17.5. The van der Waals surface area contributed by atoms with Gasteiger partial charge in [0.1, 0.15) is 22.8 Å². The average molecular weight is 537 g/mol. The molecular weight excluding hydrogens is 492 g/mol. The van der Waals surface area contributed by atoms with Crippen LogP contribution < -0.4 is 9.47 Å². The Kier molecular flexibility index (Phi) is 10.2. The molecule has 7 heteroatoms. The quantitative estimate of drug-likeness (QED) is 0.226. The van der Waals surface area contributed by atoms with E-state index in [-0.39, 0.29) is 0 Å². The Hall–Kier alpha value is -2.58. The average Bonchev–Trinajstić information content (AvgIpc) is 3.70. The third-order valence-electron chi connectivity index (χ3n) is 8.06. The fraction of sp³-hybridized carbons (Fsp3) is 0.562. The Bertz CT molecular complexity index is 1150. The Balaban J connectivity index is 1.07. The molecule has 5 rings (SSSR count). The van der Waals surface area contributed by atoms with Crippen molar-refractivity contribution in [1.82, 2.24) is 9.80 Å². The first kappa shape index (κ1) is 28.0. The molecule has 212 valence electrons. The van der Waals surface area contributed by atoms with E-state index in [9.17, 15) is 0 Å². The number of benzene rings is 2. The predicted molar refractivity (Wildman–Crippen MR) is 155 cm³/mol. The molecule has 2 atom stereocenters. The van der Waals surface area contributed by atoms with Crippen LogP contribution in [0.4, 0.5) is 0 Å². The molecule has 0 unspecified atom stereocenters. The molecule has 0 saturated carbocycles. The van der Waals surface area contributed by atoms with Crippen molar-refractivity contribution in [3.05, 3.63) is 48.5 Å². The second-order valence-electron chi connectivity index (χ2n) is 10.8. The van der Waals surface area contributed by atoms with Gasteiger partial charge in [-0.25, -0.2) is 0 Å². The summed E-state index contributed by atoms with van der Waals surface area (Å²) in [6.45, 7) is 7.50. The number of hydrogen-bond donors (Lipinski definition) is 0. The molecular formula is C32H44N2O5. The van der Waals surface area contributed by atoms with Gasteiger partial charge in [0.25, 0.3) is 0 Å². The highest BCUT2D eigenvalue weighted by Crippen LogP contribution is 2.31. The van der Waals surface area contributed by atoms with Crippen molar-refractivity contribution in [1.29, 1.82) is 0 Å². The summed E-state index contributed by atoms with van der Waals surface area (Å²) in [5, 5.41) is 1.07. The number of hydrogen-bond acceptors (Lipinski definition) is 7. The molecule has 3 heterocycles. The van der Waals surface area contributed by atoms with Crippen LogP contribution in [0.2, 0.25) is 0 Å². The Morgan fingerprint density at radius 3 is 1.95 bits per heavy atom. The number of methoxy groups -OCH3 is 2. The molecule has 7 nitrogen and oxygen atoms in total. The molecule has 39 heavy (non-hydrogen) atoms. The lowest BCUT2D eigenvalue weighted by Crippen LogP contribution is -2.34. The highest BCUT2D eigenvalue weighted by molar-refractivity contribution is 5.84. The third kappa shape index (κ3) is 7.54. The Morgan fingerprint density at radius 2 is 1.33 bits per heavy atom. The van der Waals surface area contributed by atoms with E-state index >= 15 is 0 Å². The van der Waals surface area contributed by atoms with Gasteiger partial charge in [0.15, 0.2) is 0 Å². The number of ether oxygens (including phenoxy) is 4. The summed E-state index contributed by atoms with van der Waals surface area (Å²) in [4.78, 5) is 5.05. The van der Waals surface area contributed by atoms with E-state index in [4.69, 9.17) is 23.4 Å². The topological polar surface area (TPSA) is 56.5 Å². The van der Waals surface area contributed by atoms with Gasteiger partial charge in [-0.1, -0.05) is 0 Å². The van der Waals surface area contributed by atoms with E-state index in [1.165, 1.54) is 32.2 Å². The lowest BCUT2D eigenvalue weighted by molar-refractivity contribution is 0.111. The van der Waals surface area contributed by atoms with Gasteiger partial charge in [0, 0.05) is 56.4 Å². The lowest BCUT2D eigenvalue weighted by Gasteiger charge is -2.23. The van der Waals surface area contributed by atoms with E-state index in [1.807, 2.05) is 24.3 Å². The minimum absolute atomic E-state index is 0.558. The van der Waals surface area contributed by atoms with Crippen molar-refractivity contribution in [3.63, 3.8) is 0 Å². The monoisotopic (exact) mass is 536 g/mol. The molecule has 3 aromatic rings. The second-order valence-corrected chi connectivity index (χ2v) is 10.8. The number of nitrogens with zero attached hydrogens (tertiary/aromatic N) is 2. The molecule has 2 saturated heterocycles. The summed E-state index contributed by atoms with van der Waals surface area (Å²) < 4.78 is 29.0. The van der Waals surface area contributed by atoms with Gasteiger partial charge in [-0.05, 0) is 94.1 Å². The number of rotatable bonds is 15. The van der Waals surface area contributed by atoms with E-state index in [2.05, 4.69) is 34.1 Å². The zero-order valence-electron chi connectivity index (χ0n) is 23.6. The van der Waals surface area contributed by atoms with Crippen LogP contribution in [0.1, 0.15) is 38.5 Å². The summed E-state index contributed by atoms with van der Waals surface area (Å²) in [5.74, 6) is 2.59. The molecule has 0 N–H and O–H groups in total. The van der Waals surface area contributed by atoms with E-state index < -0.39 is 0 Å². The van der Waals surface area contributed by atoms with Gasteiger partial charge < -0.3 is 23.4 Å². The molecule has 0 spiro atoms. The second kappa shape index (κ2) is 14.2. The predicted octanol–water partition coefficient (Wildman–Crippen LogP) is 5.86. The van der Waals surface area contributed by atoms with Crippen LogP contribution >= 0.6 is 0 Å². The van der Waals surface area contributed by atoms with Crippen LogP contribution in [0.15, 0.2) is 52.9 Å². The summed E-state index contributed by atoms with van der Waals surface area (Å²) in [6.07, 6.45) is 7.02. The number of likely N-dealkylation sites (tertiary alicyclic amines) is 2.